The first-order valence-electron chi connectivity index (χ1n) is 11.9. The number of benzene rings is 1. The number of rotatable bonds is 13. The number of aryl methyl sites for hydroxylation is 1. The molecule has 2 N–H and O–H groups in total. The van der Waals surface area contributed by atoms with Crippen molar-refractivity contribution in [3.05, 3.63) is 29.8 Å². The third-order valence-corrected chi connectivity index (χ3v) is 10.4. The number of carboxylic acid groups (broad SMARTS) is 1. The van der Waals surface area contributed by atoms with Crippen LogP contribution < -0.4 is 9.46 Å². The average molecular weight is 502 g/mol. The van der Waals surface area contributed by atoms with E-state index in [-0.39, 0.29) is 31.7 Å². The van der Waals surface area contributed by atoms with Gasteiger partial charge in [0, 0.05) is 23.9 Å². The van der Waals surface area contributed by atoms with Crippen LogP contribution in [0, 0.1) is 0 Å². The lowest BCUT2D eigenvalue weighted by Gasteiger charge is -2.32. The van der Waals surface area contributed by atoms with Gasteiger partial charge in [-0.1, -0.05) is 24.6 Å². The number of ether oxygens (including phenoxy) is 1. The Morgan fingerprint density at radius 3 is 2.55 bits per heavy atom. The van der Waals surface area contributed by atoms with E-state index in [1.807, 2.05) is 45.0 Å². The molecule has 2 rings (SSSR count). The van der Waals surface area contributed by atoms with E-state index >= 15 is 0 Å². The van der Waals surface area contributed by atoms with E-state index in [9.17, 15) is 19.0 Å². The maximum atomic E-state index is 14.0. The summed E-state index contributed by atoms with van der Waals surface area (Å²) in [6.45, 7) is 7.44. The summed E-state index contributed by atoms with van der Waals surface area (Å²) < 4.78 is 41.2. The number of hydrogen-bond acceptors (Lipinski definition) is 6. The summed E-state index contributed by atoms with van der Waals surface area (Å²) >= 11 is -1.51. The summed E-state index contributed by atoms with van der Waals surface area (Å²) in [5.41, 5.74) is 0.955. The lowest BCUT2D eigenvalue weighted by atomic mass is 9.97. The molecule has 0 aliphatic heterocycles. The van der Waals surface area contributed by atoms with Gasteiger partial charge in [0.2, 0.25) is 7.37 Å². The first kappa shape index (κ1) is 28.2. The highest BCUT2D eigenvalue weighted by molar-refractivity contribution is 7.91. The molecule has 1 saturated carbocycles. The monoisotopic (exact) mass is 501 g/mol. The molecule has 1 aliphatic carbocycles. The van der Waals surface area contributed by atoms with E-state index in [0.29, 0.717) is 6.42 Å². The van der Waals surface area contributed by atoms with Gasteiger partial charge >= 0.3 is 5.97 Å². The molecule has 33 heavy (non-hydrogen) atoms. The van der Waals surface area contributed by atoms with E-state index in [2.05, 4.69) is 4.72 Å². The topological polar surface area (TPSA) is 108 Å². The van der Waals surface area contributed by atoms with Crippen LogP contribution in [0.2, 0.25) is 0 Å². The molecule has 7 nitrogen and oxygen atoms in total. The van der Waals surface area contributed by atoms with Crippen LogP contribution in [0.15, 0.2) is 24.3 Å². The molecule has 0 spiro atoms. The molecule has 188 valence electrons. The Kier molecular flexibility index (Phi) is 11.2. The van der Waals surface area contributed by atoms with Crippen LogP contribution in [0.1, 0.15) is 78.2 Å². The summed E-state index contributed by atoms with van der Waals surface area (Å²) in [6.07, 6.45) is 6.47. The normalized spacial score (nSPS) is 18.9. The van der Waals surface area contributed by atoms with Gasteiger partial charge in [-0.05, 0) is 77.8 Å². The number of aliphatic carboxylic acids is 1. The van der Waals surface area contributed by atoms with E-state index < -0.39 is 35.2 Å². The Hall–Kier alpha value is -1.05. The molecule has 0 saturated heterocycles. The van der Waals surface area contributed by atoms with E-state index in [1.165, 1.54) is 19.3 Å². The molecule has 0 bridgehead atoms. The van der Waals surface area contributed by atoms with Gasteiger partial charge in [-0.3, -0.25) is 9.36 Å². The SMILES string of the molecule is CCOP(=O)(CCc1ccccc1OC1CCCCC1)C(CCC(=O)O)N[S+]([O-])C(C)(C)C. The number of carbonyl (C=O) groups is 1. The highest BCUT2D eigenvalue weighted by Crippen LogP contribution is 2.53. The minimum Gasteiger partial charge on any atom is -0.598 e. The Labute approximate surface area is 201 Å². The largest absolute Gasteiger partial charge is 0.598 e. The van der Waals surface area contributed by atoms with Gasteiger partial charge in [-0.25, -0.2) is 0 Å². The van der Waals surface area contributed by atoms with E-state index in [1.54, 1.807) is 6.92 Å². The van der Waals surface area contributed by atoms with Gasteiger partial charge in [0.1, 0.15) is 16.3 Å². The summed E-state index contributed by atoms with van der Waals surface area (Å²) in [4.78, 5) is 11.2. The predicted octanol–water partition coefficient (Wildman–Crippen LogP) is 5.50. The van der Waals surface area contributed by atoms with Crippen molar-refractivity contribution in [1.29, 1.82) is 0 Å². The van der Waals surface area contributed by atoms with Crippen LogP contribution >= 0.6 is 7.37 Å². The summed E-state index contributed by atoms with van der Waals surface area (Å²) in [5.74, 6) is -0.988. The number of hydrogen-bond donors (Lipinski definition) is 2. The predicted molar refractivity (Wildman–Crippen MR) is 133 cm³/mol. The van der Waals surface area contributed by atoms with Crippen LogP contribution in [0.5, 0.6) is 5.75 Å². The molecular formula is C24H40NO6PS. The molecule has 3 atom stereocenters. The second-order valence-electron chi connectivity index (χ2n) is 9.55. The molecule has 3 unspecified atom stereocenters. The maximum absolute atomic E-state index is 14.0. The van der Waals surface area contributed by atoms with Crippen molar-refractivity contribution < 1.29 is 28.3 Å². The zero-order chi connectivity index (χ0) is 24.5. The quantitative estimate of drug-likeness (QED) is 0.271. The van der Waals surface area contributed by atoms with Crippen molar-refractivity contribution in [2.24, 2.45) is 0 Å². The van der Waals surface area contributed by atoms with Crippen LogP contribution in [0.3, 0.4) is 0 Å². The van der Waals surface area contributed by atoms with Gasteiger partial charge in [0.25, 0.3) is 0 Å². The second kappa shape index (κ2) is 13.1. The van der Waals surface area contributed by atoms with E-state index in [4.69, 9.17) is 9.26 Å². The average Bonchev–Trinajstić information content (AvgIpc) is 2.76. The van der Waals surface area contributed by atoms with Gasteiger partial charge in [0.15, 0.2) is 0 Å². The molecule has 1 aromatic carbocycles. The fourth-order valence-electron chi connectivity index (χ4n) is 3.89. The Morgan fingerprint density at radius 1 is 1.27 bits per heavy atom. The second-order valence-corrected chi connectivity index (χ2v) is 14.3. The van der Waals surface area contributed by atoms with Crippen LogP contribution in [-0.2, 0) is 31.7 Å². The van der Waals surface area contributed by atoms with Crippen molar-refractivity contribution >= 4 is 24.7 Å². The molecule has 1 aromatic rings. The van der Waals surface area contributed by atoms with Crippen molar-refractivity contribution in [2.45, 2.75) is 95.7 Å². The number of para-hydroxylation sites is 1. The molecule has 0 amide bonds. The minimum atomic E-state index is -3.36. The molecule has 1 aliphatic rings. The van der Waals surface area contributed by atoms with Crippen molar-refractivity contribution in [3.63, 3.8) is 0 Å². The molecule has 0 aromatic heterocycles. The molecule has 0 heterocycles. The van der Waals surface area contributed by atoms with Gasteiger partial charge in [-0.2, -0.15) is 0 Å². The first-order chi connectivity index (χ1) is 15.5. The lowest BCUT2D eigenvalue weighted by Crippen LogP contribution is -2.45. The van der Waals surface area contributed by atoms with E-state index in [0.717, 1.165) is 24.2 Å². The van der Waals surface area contributed by atoms with Crippen LogP contribution in [-0.4, -0.2) is 45.0 Å². The molecular weight excluding hydrogens is 461 g/mol. The van der Waals surface area contributed by atoms with Crippen LogP contribution in [0.4, 0.5) is 0 Å². The van der Waals surface area contributed by atoms with Crippen molar-refractivity contribution in [3.8, 4) is 5.75 Å². The first-order valence-corrected chi connectivity index (χ1v) is 15.0. The summed E-state index contributed by atoms with van der Waals surface area (Å²) in [5, 5.41) is 9.20. The zero-order valence-corrected chi connectivity index (χ0v) is 22.1. The van der Waals surface area contributed by atoms with Gasteiger partial charge < -0.3 is 18.9 Å². The van der Waals surface area contributed by atoms with Crippen molar-refractivity contribution in [1.82, 2.24) is 4.72 Å². The summed E-state index contributed by atoms with van der Waals surface area (Å²) in [7, 11) is -3.36. The third-order valence-electron chi connectivity index (χ3n) is 5.76. The number of nitrogens with one attached hydrogen (secondary N) is 1. The fourth-order valence-corrected chi connectivity index (χ4v) is 7.67. The Morgan fingerprint density at radius 2 is 1.94 bits per heavy atom. The molecule has 9 heteroatoms. The van der Waals surface area contributed by atoms with Crippen molar-refractivity contribution in [2.75, 3.05) is 12.8 Å². The molecule has 0 radical (unpaired) electrons. The Balaban J connectivity index is 2.19. The Bertz CT molecular complexity index is 793. The fraction of sp³-hybridized carbons (Fsp3) is 0.708. The number of carboxylic acids is 1. The third kappa shape index (κ3) is 9.25. The highest BCUT2D eigenvalue weighted by atomic mass is 32.2. The van der Waals surface area contributed by atoms with Gasteiger partial charge in [0.05, 0.1) is 12.7 Å². The zero-order valence-electron chi connectivity index (χ0n) is 20.4. The summed E-state index contributed by atoms with van der Waals surface area (Å²) in [6, 6.07) is 7.79. The lowest BCUT2D eigenvalue weighted by molar-refractivity contribution is -0.137. The molecule has 1 fully saturated rings. The van der Waals surface area contributed by atoms with Gasteiger partial charge in [-0.15, -0.1) is 4.72 Å². The van der Waals surface area contributed by atoms with Crippen LogP contribution in [0.25, 0.3) is 0 Å². The standard InChI is InChI=1S/C24H40NO6PS/c1-5-30-32(28,22(15-16-23(26)27)25-33(29)24(2,3)4)18-17-19-11-9-10-14-21(19)31-20-12-7-6-8-13-20/h9-11,14,20,22,25H,5-8,12-13,15-18H2,1-4H3,(H,26,27). The minimum absolute atomic E-state index is 0.0780. The smallest absolute Gasteiger partial charge is 0.303 e. The maximum Gasteiger partial charge on any atom is 0.303 e. The highest BCUT2D eigenvalue weighted by Gasteiger charge is 2.40.